The van der Waals surface area contributed by atoms with Crippen LogP contribution in [0.4, 0.5) is 28.6 Å². The highest BCUT2D eigenvalue weighted by atomic mass is 19.4. The number of amides is 2. The van der Waals surface area contributed by atoms with Gasteiger partial charge in [0.15, 0.2) is 11.5 Å². The number of imide groups is 1. The molecular weight excluding hydrogens is 648 g/mol. The lowest BCUT2D eigenvalue weighted by molar-refractivity contribution is -0.137. The van der Waals surface area contributed by atoms with Gasteiger partial charge in [-0.1, -0.05) is 0 Å². The molecule has 3 aromatic rings. The van der Waals surface area contributed by atoms with Gasteiger partial charge in [0.05, 0.1) is 16.8 Å². The van der Waals surface area contributed by atoms with Gasteiger partial charge in [-0.25, -0.2) is 29.2 Å². The Balaban J connectivity index is 1.54. The van der Waals surface area contributed by atoms with E-state index in [1.807, 2.05) is 27.7 Å². The Bertz CT molecular complexity index is 1680. The molecule has 1 aliphatic carbocycles. The van der Waals surface area contributed by atoms with Crippen LogP contribution in [0.1, 0.15) is 87.6 Å². The summed E-state index contributed by atoms with van der Waals surface area (Å²) in [6, 6.07) is 1.52. The molecule has 266 valence electrons. The fourth-order valence-corrected chi connectivity index (χ4v) is 5.42. The molecule has 1 saturated carbocycles. The van der Waals surface area contributed by atoms with Gasteiger partial charge in [-0.15, -0.1) is 5.10 Å². The molecule has 1 aliphatic heterocycles. The molecule has 2 fully saturated rings. The minimum Gasteiger partial charge on any atom is -0.443 e. The lowest BCUT2D eigenvalue weighted by Gasteiger charge is -2.36. The van der Waals surface area contributed by atoms with E-state index in [9.17, 15) is 22.8 Å². The predicted octanol–water partition coefficient (Wildman–Crippen LogP) is 7.58. The number of nitrogens with zero attached hydrogens (tertiary/aromatic N) is 6. The SMILES string of the molecule is CC(C)(C)OC(=O)N(C(=O)OC(C)(C)C)c1ncnc2c1c(Oc1cc(C(F)(F)F)ccn1)nn2CC1CC(B2OC(C)(C)C(C)(C)O2)C1. The number of anilines is 1. The summed E-state index contributed by atoms with van der Waals surface area (Å²) in [6.07, 6.45) is -3.32. The number of carbonyl (C=O) groups is 2. The first-order valence-corrected chi connectivity index (χ1v) is 16.0. The molecule has 2 aliphatic rings. The number of halogens is 3. The van der Waals surface area contributed by atoms with Crippen LogP contribution in [0.3, 0.4) is 0 Å². The zero-order valence-electron chi connectivity index (χ0n) is 29.3. The van der Waals surface area contributed by atoms with Crippen molar-refractivity contribution in [3.05, 3.63) is 30.2 Å². The maximum absolute atomic E-state index is 13.6. The fraction of sp³-hybridized carbons (Fsp3) is 0.625. The van der Waals surface area contributed by atoms with E-state index < -0.39 is 52.2 Å². The van der Waals surface area contributed by atoms with Crippen LogP contribution in [0.25, 0.3) is 11.0 Å². The highest BCUT2D eigenvalue weighted by Gasteiger charge is 2.56. The van der Waals surface area contributed by atoms with E-state index in [0.29, 0.717) is 11.4 Å². The van der Waals surface area contributed by atoms with Crippen LogP contribution in [0.2, 0.25) is 5.82 Å². The van der Waals surface area contributed by atoms with Crippen molar-refractivity contribution in [3.8, 4) is 11.8 Å². The molecule has 13 nitrogen and oxygen atoms in total. The number of rotatable bonds is 6. The Kier molecular flexibility index (Phi) is 9.19. The summed E-state index contributed by atoms with van der Waals surface area (Å²) in [5.41, 5.74) is -3.81. The van der Waals surface area contributed by atoms with Gasteiger partial charge in [0, 0.05) is 18.8 Å². The number of fused-ring (bicyclic) bond motifs is 1. The monoisotopic (exact) mass is 690 g/mol. The highest BCUT2D eigenvalue weighted by molar-refractivity contribution is 6.47. The summed E-state index contributed by atoms with van der Waals surface area (Å²) in [5.74, 6) is -0.778. The molecule has 0 N–H and O–H groups in total. The lowest BCUT2D eigenvalue weighted by Crippen LogP contribution is -2.44. The van der Waals surface area contributed by atoms with Crippen molar-refractivity contribution in [2.75, 3.05) is 4.90 Å². The van der Waals surface area contributed by atoms with Gasteiger partial charge in [0.2, 0.25) is 5.88 Å². The summed E-state index contributed by atoms with van der Waals surface area (Å²) in [6.45, 7) is 18.0. The van der Waals surface area contributed by atoms with Crippen LogP contribution >= 0.6 is 0 Å². The minimum absolute atomic E-state index is 0.0414. The maximum atomic E-state index is 13.6. The highest BCUT2D eigenvalue weighted by Crippen LogP contribution is 2.49. The molecule has 0 radical (unpaired) electrons. The van der Waals surface area contributed by atoms with Crippen LogP contribution in [0, 0.1) is 5.92 Å². The summed E-state index contributed by atoms with van der Waals surface area (Å²) in [4.78, 5) is 40.3. The van der Waals surface area contributed by atoms with Crippen LogP contribution in [0.15, 0.2) is 24.7 Å². The molecule has 17 heteroatoms. The number of aromatic nitrogens is 5. The van der Waals surface area contributed by atoms with Crippen molar-refractivity contribution < 1.29 is 46.3 Å². The van der Waals surface area contributed by atoms with Crippen LogP contribution in [0.5, 0.6) is 11.8 Å². The second kappa shape index (κ2) is 12.4. The number of hydrogen-bond donors (Lipinski definition) is 0. The molecule has 0 bridgehead atoms. The lowest BCUT2D eigenvalue weighted by atomic mass is 9.56. The average Bonchev–Trinajstić information content (AvgIpc) is 3.35. The van der Waals surface area contributed by atoms with Gasteiger partial charge in [0.1, 0.15) is 22.9 Å². The third kappa shape index (κ3) is 7.93. The van der Waals surface area contributed by atoms with E-state index >= 15 is 0 Å². The molecule has 3 aromatic heterocycles. The summed E-state index contributed by atoms with van der Waals surface area (Å²) in [7, 11) is -0.369. The van der Waals surface area contributed by atoms with Crippen LogP contribution in [-0.2, 0) is 31.5 Å². The Hall–Kier alpha value is -3.99. The van der Waals surface area contributed by atoms with E-state index in [-0.39, 0.29) is 41.6 Å². The second-order valence-corrected chi connectivity index (χ2v) is 15.4. The fourth-order valence-electron chi connectivity index (χ4n) is 5.42. The molecule has 2 amide bonds. The quantitative estimate of drug-likeness (QED) is 0.237. The molecule has 0 unspecified atom stereocenters. The molecule has 5 rings (SSSR count). The van der Waals surface area contributed by atoms with Crippen molar-refractivity contribution in [2.45, 2.75) is 123 Å². The van der Waals surface area contributed by atoms with Gasteiger partial charge in [-0.05, 0) is 99.9 Å². The summed E-state index contributed by atoms with van der Waals surface area (Å²) in [5, 5.41) is 4.51. The van der Waals surface area contributed by atoms with E-state index in [1.165, 1.54) is 4.68 Å². The van der Waals surface area contributed by atoms with E-state index in [2.05, 4.69) is 20.1 Å². The van der Waals surface area contributed by atoms with Crippen molar-refractivity contribution in [2.24, 2.45) is 5.92 Å². The molecule has 0 spiro atoms. The van der Waals surface area contributed by atoms with Gasteiger partial charge in [0.25, 0.3) is 5.88 Å². The normalized spacial score (nSPS) is 20.6. The van der Waals surface area contributed by atoms with E-state index in [0.717, 1.165) is 37.5 Å². The van der Waals surface area contributed by atoms with E-state index in [1.54, 1.807) is 41.5 Å². The topological polar surface area (TPSA) is 140 Å². The standard InChI is InChI=1S/C32H42BF3N6O7/c1-28(2,3)46-26(43)42(27(44)47-29(4,5)6)24-22-23(38-17-39-24)41(40-25(22)45-21-15-19(11-12-37-21)32(34,35)36)16-18-13-20(14-18)33-48-30(7,8)31(9,10)49-33/h11-12,15,17-18,20H,13-14,16H2,1-10H3. The predicted molar refractivity (Wildman–Crippen MR) is 172 cm³/mol. The molecule has 4 heterocycles. The van der Waals surface area contributed by atoms with Crippen molar-refractivity contribution in [1.29, 1.82) is 0 Å². The zero-order chi connectivity index (χ0) is 36.3. The first kappa shape index (κ1) is 36.3. The number of ether oxygens (including phenoxy) is 3. The first-order valence-electron chi connectivity index (χ1n) is 16.0. The average molecular weight is 691 g/mol. The molecule has 0 aromatic carbocycles. The number of pyridine rings is 1. The second-order valence-electron chi connectivity index (χ2n) is 15.4. The van der Waals surface area contributed by atoms with Crippen molar-refractivity contribution in [3.63, 3.8) is 0 Å². The molecule has 1 saturated heterocycles. The molecule has 49 heavy (non-hydrogen) atoms. The largest absolute Gasteiger partial charge is 0.461 e. The smallest absolute Gasteiger partial charge is 0.443 e. The summed E-state index contributed by atoms with van der Waals surface area (Å²) < 4.78 is 71.5. The molecular formula is C32H42BF3N6O7. The maximum Gasteiger partial charge on any atom is 0.461 e. The molecule has 0 atom stereocenters. The minimum atomic E-state index is -4.67. The van der Waals surface area contributed by atoms with Gasteiger partial charge < -0.3 is 23.5 Å². The van der Waals surface area contributed by atoms with Crippen molar-refractivity contribution in [1.82, 2.24) is 24.7 Å². The Morgan fingerprint density at radius 3 is 2.06 bits per heavy atom. The summed E-state index contributed by atoms with van der Waals surface area (Å²) >= 11 is 0. The number of alkyl halides is 3. The Morgan fingerprint density at radius 2 is 1.53 bits per heavy atom. The number of carbonyl (C=O) groups excluding carboxylic acids is 2. The van der Waals surface area contributed by atoms with Crippen LogP contribution < -0.4 is 9.64 Å². The van der Waals surface area contributed by atoms with Gasteiger partial charge in [-0.3, -0.25) is 0 Å². The Morgan fingerprint density at radius 1 is 0.959 bits per heavy atom. The third-order valence-electron chi connectivity index (χ3n) is 8.46. The van der Waals surface area contributed by atoms with Crippen LogP contribution in [-0.4, -0.2) is 66.4 Å². The number of hydrogen-bond acceptors (Lipinski definition) is 11. The van der Waals surface area contributed by atoms with E-state index in [4.69, 9.17) is 23.5 Å². The van der Waals surface area contributed by atoms with Gasteiger partial charge >= 0.3 is 25.5 Å². The van der Waals surface area contributed by atoms with Crippen molar-refractivity contribution >= 4 is 36.2 Å². The Labute approximate surface area is 282 Å². The first-order chi connectivity index (χ1) is 22.4. The third-order valence-corrected chi connectivity index (χ3v) is 8.46. The van der Waals surface area contributed by atoms with Gasteiger partial charge in [-0.2, -0.15) is 18.1 Å². The zero-order valence-corrected chi connectivity index (χ0v) is 29.3.